The highest BCUT2D eigenvalue weighted by atomic mass is 16.4. The van der Waals surface area contributed by atoms with Crippen LogP contribution in [0, 0.1) is 5.41 Å². The lowest BCUT2D eigenvalue weighted by atomic mass is 9.76. The van der Waals surface area contributed by atoms with Crippen LogP contribution in [0.3, 0.4) is 0 Å². The fourth-order valence-corrected chi connectivity index (χ4v) is 2.71. The molecule has 0 spiro atoms. The molecule has 1 aliphatic heterocycles. The van der Waals surface area contributed by atoms with Crippen LogP contribution in [0.2, 0.25) is 0 Å². The van der Waals surface area contributed by atoms with E-state index in [1.54, 1.807) is 0 Å². The average Bonchev–Trinajstić information content (AvgIpc) is 2.33. The van der Waals surface area contributed by atoms with Gasteiger partial charge in [-0.1, -0.05) is 13.8 Å². The molecule has 0 aromatic rings. The Kier molecular flexibility index (Phi) is 5.57. The fourth-order valence-electron chi connectivity index (χ4n) is 2.71. The van der Waals surface area contributed by atoms with E-state index >= 15 is 0 Å². The van der Waals surface area contributed by atoms with E-state index in [2.05, 4.69) is 10.6 Å². The first-order valence-corrected chi connectivity index (χ1v) is 7.22. The molecule has 3 amide bonds. The number of hydrogen-bond donors (Lipinski definition) is 3. The summed E-state index contributed by atoms with van der Waals surface area (Å²) in [6.45, 7) is 7.58. The highest BCUT2D eigenvalue weighted by molar-refractivity contribution is 5.87. The zero-order chi connectivity index (χ0) is 16.2. The van der Waals surface area contributed by atoms with Gasteiger partial charge in [0.15, 0.2) is 0 Å². The number of hydrogen-bond acceptors (Lipinski definition) is 3. The molecule has 1 heterocycles. The Hall–Kier alpha value is -1.79. The second kappa shape index (κ2) is 6.78. The van der Waals surface area contributed by atoms with Gasteiger partial charge in [-0.3, -0.25) is 4.79 Å². The monoisotopic (exact) mass is 299 g/mol. The summed E-state index contributed by atoms with van der Waals surface area (Å²) in [6.07, 6.45) is 1.50. The van der Waals surface area contributed by atoms with Crippen LogP contribution in [-0.4, -0.2) is 53.1 Å². The van der Waals surface area contributed by atoms with Crippen molar-refractivity contribution in [1.82, 2.24) is 15.5 Å². The third-order valence-corrected chi connectivity index (χ3v) is 3.62. The van der Waals surface area contributed by atoms with Crippen LogP contribution in [0.1, 0.15) is 40.5 Å². The van der Waals surface area contributed by atoms with Crippen molar-refractivity contribution in [3.8, 4) is 0 Å². The summed E-state index contributed by atoms with van der Waals surface area (Å²) in [5.74, 6) is -1.30. The minimum absolute atomic E-state index is 0.00455. The van der Waals surface area contributed by atoms with Gasteiger partial charge in [0.2, 0.25) is 5.91 Å². The number of nitrogens with one attached hydrogen (secondary N) is 2. The largest absolute Gasteiger partial charge is 0.480 e. The predicted octanol–water partition coefficient (Wildman–Crippen LogP) is 0.796. The maximum Gasteiger partial charge on any atom is 0.327 e. The maximum absolute atomic E-state index is 12.2. The lowest BCUT2D eigenvalue weighted by molar-refractivity contribution is -0.148. The molecule has 0 aromatic carbocycles. The molecule has 1 atom stereocenters. The number of urea groups is 1. The number of carbonyl (C=O) groups excluding carboxylic acids is 2. The molecule has 3 N–H and O–H groups in total. The maximum atomic E-state index is 12.2. The number of carbonyl (C=O) groups is 3. The van der Waals surface area contributed by atoms with E-state index in [0.717, 1.165) is 12.8 Å². The third kappa shape index (κ3) is 4.61. The highest BCUT2D eigenvalue weighted by Crippen LogP contribution is 2.35. The molecule has 1 aliphatic rings. The molecule has 21 heavy (non-hydrogen) atoms. The molecule has 1 fully saturated rings. The number of aliphatic carboxylic acids is 1. The number of amides is 3. The summed E-state index contributed by atoms with van der Waals surface area (Å²) in [5, 5.41) is 14.5. The average molecular weight is 299 g/mol. The predicted molar refractivity (Wildman–Crippen MR) is 77.8 cm³/mol. The van der Waals surface area contributed by atoms with Crippen LogP contribution in [0.4, 0.5) is 4.79 Å². The van der Waals surface area contributed by atoms with E-state index in [1.165, 1.54) is 4.90 Å². The summed E-state index contributed by atoms with van der Waals surface area (Å²) < 4.78 is 0. The smallest absolute Gasteiger partial charge is 0.327 e. The van der Waals surface area contributed by atoms with E-state index in [9.17, 15) is 19.5 Å². The zero-order valence-electron chi connectivity index (χ0n) is 13.1. The fraction of sp³-hybridized carbons (Fsp3) is 0.786. The Balaban J connectivity index is 2.67. The van der Waals surface area contributed by atoms with Crippen molar-refractivity contribution >= 4 is 17.9 Å². The molecule has 7 heteroatoms. The summed E-state index contributed by atoms with van der Waals surface area (Å²) in [6, 6.07) is -1.39. The Labute approximate surface area is 125 Å². The molecule has 0 radical (unpaired) electrons. The summed E-state index contributed by atoms with van der Waals surface area (Å²) in [7, 11) is 0. The van der Waals surface area contributed by atoms with Crippen LogP contribution < -0.4 is 10.6 Å². The minimum atomic E-state index is -1.01. The third-order valence-electron chi connectivity index (χ3n) is 3.62. The molecular weight excluding hydrogens is 274 g/mol. The van der Waals surface area contributed by atoms with E-state index in [1.807, 2.05) is 27.7 Å². The van der Waals surface area contributed by atoms with Gasteiger partial charge in [-0.25, -0.2) is 9.59 Å². The molecule has 1 unspecified atom stereocenters. The van der Waals surface area contributed by atoms with Gasteiger partial charge in [-0.2, -0.15) is 0 Å². The quantitative estimate of drug-likeness (QED) is 0.715. The van der Waals surface area contributed by atoms with Gasteiger partial charge in [0.25, 0.3) is 0 Å². The number of carboxylic acid groups (broad SMARTS) is 1. The first kappa shape index (κ1) is 17.3. The van der Waals surface area contributed by atoms with E-state index in [0.29, 0.717) is 6.54 Å². The van der Waals surface area contributed by atoms with Gasteiger partial charge in [0.05, 0.1) is 6.54 Å². The molecular formula is C14H25N3O4. The number of likely N-dealkylation sites (tertiary alicyclic amines) is 1. The molecule has 0 aromatic heterocycles. The standard InChI is InChI=1S/C14H25N3O4/c1-9(2)16-10(18)8-15-13(21)17-7-5-6-14(3,4)11(17)12(19)20/h9,11H,5-8H2,1-4H3,(H,15,21)(H,16,18)(H,19,20). The van der Waals surface area contributed by atoms with Crippen molar-refractivity contribution in [3.63, 3.8) is 0 Å². The molecule has 7 nitrogen and oxygen atoms in total. The van der Waals surface area contributed by atoms with Gasteiger partial charge < -0.3 is 20.6 Å². The number of rotatable bonds is 4. The Morgan fingerprint density at radius 3 is 2.48 bits per heavy atom. The van der Waals surface area contributed by atoms with Crippen molar-refractivity contribution in [2.24, 2.45) is 5.41 Å². The second-order valence-corrected chi connectivity index (χ2v) is 6.41. The van der Waals surface area contributed by atoms with Gasteiger partial charge in [0, 0.05) is 12.6 Å². The summed E-state index contributed by atoms with van der Waals surface area (Å²) in [4.78, 5) is 36.5. The summed E-state index contributed by atoms with van der Waals surface area (Å²) >= 11 is 0. The molecule has 1 rings (SSSR count). The number of piperidine rings is 1. The molecule has 1 saturated heterocycles. The Morgan fingerprint density at radius 1 is 1.33 bits per heavy atom. The minimum Gasteiger partial charge on any atom is -0.480 e. The highest BCUT2D eigenvalue weighted by Gasteiger charge is 2.44. The normalized spacial score (nSPS) is 21.0. The van der Waals surface area contributed by atoms with Gasteiger partial charge >= 0.3 is 12.0 Å². The van der Waals surface area contributed by atoms with E-state index in [-0.39, 0.29) is 18.5 Å². The van der Waals surface area contributed by atoms with Crippen molar-refractivity contribution in [2.75, 3.05) is 13.1 Å². The first-order valence-electron chi connectivity index (χ1n) is 7.22. The van der Waals surface area contributed by atoms with E-state index < -0.39 is 23.5 Å². The van der Waals surface area contributed by atoms with Crippen molar-refractivity contribution in [2.45, 2.75) is 52.6 Å². The number of carboxylic acids is 1. The van der Waals surface area contributed by atoms with Gasteiger partial charge in [-0.05, 0) is 32.1 Å². The van der Waals surface area contributed by atoms with Crippen LogP contribution in [0.15, 0.2) is 0 Å². The van der Waals surface area contributed by atoms with Gasteiger partial charge in [0.1, 0.15) is 6.04 Å². The Morgan fingerprint density at radius 2 is 1.95 bits per heavy atom. The first-order chi connectivity index (χ1) is 9.65. The molecule has 120 valence electrons. The van der Waals surface area contributed by atoms with Crippen LogP contribution >= 0.6 is 0 Å². The molecule has 0 bridgehead atoms. The lowest BCUT2D eigenvalue weighted by Crippen LogP contribution is -2.59. The lowest BCUT2D eigenvalue weighted by Gasteiger charge is -2.43. The van der Waals surface area contributed by atoms with Crippen molar-refractivity contribution < 1.29 is 19.5 Å². The Bertz CT molecular complexity index is 420. The van der Waals surface area contributed by atoms with Crippen molar-refractivity contribution in [3.05, 3.63) is 0 Å². The molecule has 0 aliphatic carbocycles. The zero-order valence-corrected chi connectivity index (χ0v) is 13.1. The topological polar surface area (TPSA) is 98.7 Å². The SMILES string of the molecule is CC(C)NC(=O)CNC(=O)N1CCCC(C)(C)C1C(=O)O. The second-order valence-electron chi connectivity index (χ2n) is 6.41. The van der Waals surface area contributed by atoms with E-state index in [4.69, 9.17) is 0 Å². The number of nitrogens with zero attached hydrogens (tertiary/aromatic N) is 1. The van der Waals surface area contributed by atoms with Crippen molar-refractivity contribution in [1.29, 1.82) is 0 Å². The van der Waals surface area contributed by atoms with Crippen LogP contribution in [-0.2, 0) is 9.59 Å². The van der Waals surface area contributed by atoms with Crippen LogP contribution in [0.25, 0.3) is 0 Å². The van der Waals surface area contributed by atoms with Crippen LogP contribution in [0.5, 0.6) is 0 Å². The summed E-state index contributed by atoms with van der Waals surface area (Å²) in [5.41, 5.74) is -0.485. The molecule has 0 saturated carbocycles. The van der Waals surface area contributed by atoms with Gasteiger partial charge in [-0.15, -0.1) is 0 Å².